The largest absolute Gasteiger partial charge is 0.330 e. The van der Waals surface area contributed by atoms with Gasteiger partial charge in [0.25, 0.3) is 0 Å². The Kier molecular flexibility index (Phi) is 5.96. The van der Waals surface area contributed by atoms with Gasteiger partial charge in [0, 0.05) is 17.1 Å². The lowest BCUT2D eigenvalue weighted by Gasteiger charge is -2.35. The Hall–Kier alpha value is -0.450. The van der Waals surface area contributed by atoms with Gasteiger partial charge in [0.15, 0.2) is 0 Å². The fraction of sp³-hybridized carbons (Fsp3) is 0.600. The highest BCUT2D eigenvalue weighted by molar-refractivity contribution is 9.10. The predicted molar refractivity (Wildman–Crippen MR) is 82.6 cm³/mol. The lowest BCUT2D eigenvalue weighted by Crippen LogP contribution is -2.40. The lowest BCUT2D eigenvalue weighted by atomic mass is 9.92. The topological polar surface area (TPSA) is 29.3 Å². The maximum atomic E-state index is 13.2. The predicted octanol–water partition coefficient (Wildman–Crippen LogP) is 3.96. The number of hydrogen-bond acceptors (Lipinski definition) is 2. The highest BCUT2D eigenvalue weighted by Crippen LogP contribution is 2.30. The first kappa shape index (κ1) is 16.6. The van der Waals surface area contributed by atoms with Crippen LogP contribution in [0.1, 0.15) is 39.3 Å². The van der Waals surface area contributed by atoms with Crippen LogP contribution in [-0.2, 0) is 0 Å². The maximum absolute atomic E-state index is 13.2. The van der Waals surface area contributed by atoms with Crippen LogP contribution in [0, 0.1) is 11.2 Å². The van der Waals surface area contributed by atoms with Crippen molar-refractivity contribution in [3.63, 3.8) is 0 Å². The van der Waals surface area contributed by atoms with E-state index < -0.39 is 0 Å². The van der Waals surface area contributed by atoms with Crippen LogP contribution in [0.5, 0.6) is 0 Å². The molecule has 1 atom stereocenters. The number of nitrogens with two attached hydrogens (primary N) is 1. The minimum absolute atomic E-state index is 0.0801. The molecule has 0 bridgehead atoms. The van der Waals surface area contributed by atoms with E-state index in [1.54, 1.807) is 0 Å². The summed E-state index contributed by atoms with van der Waals surface area (Å²) in [6, 6.07) is 5.11. The Morgan fingerprint density at radius 1 is 1.42 bits per heavy atom. The number of rotatable bonds is 6. The van der Waals surface area contributed by atoms with Crippen molar-refractivity contribution in [2.75, 3.05) is 19.6 Å². The average molecular weight is 331 g/mol. The maximum Gasteiger partial charge on any atom is 0.124 e. The summed E-state index contributed by atoms with van der Waals surface area (Å²) < 4.78 is 14.0. The van der Waals surface area contributed by atoms with Crippen LogP contribution in [-0.4, -0.2) is 24.5 Å². The molecule has 1 aromatic carbocycles. The Bertz CT molecular complexity index is 421. The zero-order valence-corrected chi connectivity index (χ0v) is 13.8. The van der Waals surface area contributed by atoms with Crippen molar-refractivity contribution in [3.05, 3.63) is 34.1 Å². The minimum Gasteiger partial charge on any atom is -0.330 e. The van der Waals surface area contributed by atoms with E-state index in [0.717, 1.165) is 23.1 Å². The summed E-state index contributed by atoms with van der Waals surface area (Å²) >= 11 is 3.45. The van der Waals surface area contributed by atoms with E-state index in [-0.39, 0.29) is 17.3 Å². The summed E-state index contributed by atoms with van der Waals surface area (Å²) in [7, 11) is 0. The third-order valence-corrected chi connectivity index (χ3v) is 4.24. The van der Waals surface area contributed by atoms with Gasteiger partial charge in [-0.15, -0.1) is 0 Å². The van der Waals surface area contributed by atoms with Crippen LogP contribution in [0.3, 0.4) is 0 Å². The van der Waals surface area contributed by atoms with Gasteiger partial charge in [-0.1, -0.05) is 42.8 Å². The SMILES string of the molecule is CCN(CC(C)(C)CN)C(C)c1ccc(F)cc1Br. The standard InChI is InChI=1S/C15H24BrFN2/c1-5-19(10-15(3,4)9-18)11(2)13-7-6-12(17)8-14(13)16/h6-8,11H,5,9-10,18H2,1-4H3. The van der Waals surface area contributed by atoms with E-state index in [9.17, 15) is 4.39 Å². The van der Waals surface area contributed by atoms with Crippen LogP contribution in [0.4, 0.5) is 4.39 Å². The second-order valence-corrected chi connectivity index (χ2v) is 6.63. The molecule has 2 N–H and O–H groups in total. The molecule has 4 heteroatoms. The zero-order chi connectivity index (χ0) is 14.6. The summed E-state index contributed by atoms with van der Waals surface area (Å²) in [5, 5.41) is 0. The molecular weight excluding hydrogens is 307 g/mol. The van der Waals surface area contributed by atoms with Gasteiger partial charge in [0.2, 0.25) is 0 Å². The van der Waals surface area contributed by atoms with Crippen LogP contribution in [0.15, 0.2) is 22.7 Å². The van der Waals surface area contributed by atoms with Gasteiger partial charge in [-0.25, -0.2) is 4.39 Å². The molecule has 19 heavy (non-hydrogen) atoms. The molecule has 0 fully saturated rings. The van der Waals surface area contributed by atoms with Gasteiger partial charge >= 0.3 is 0 Å². The third kappa shape index (κ3) is 4.55. The fourth-order valence-corrected chi connectivity index (χ4v) is 2.86. The second kappa shape index (κ2) is 6.82. The molecule has 0 amide bonds. The minimum atomic E-state index is -0.215. The van der Waals surface area contributed by atoms with Gasteiger partial charge in [-0.05, 0) is 43.1 Å². The van der Waals surface area contributed by atoms with E-state index in [1.165, 1.54) is 12.1 Å². The Morgan fingerprint density at radius 2 is 2.05 bits per heavy atom. The van der Waals surface area contributed by atoms with Crippen molar-refractivity contribution in [2.24, 2.45) is 11.1 Å². The highest BCUT2D eigenvalue weighted by atomic mass is 79.9. The molecule has 0 saturated carbocycles. The molecule has 0 aliphatic carbocycles. The number of hydrogen-bond donors (Lipinski definition) is 1. The first-order valence-electron chi connectivity index (χ1n) is 6.70. The molecule has 0 radical (unpaired) electrons. The van der Waals surface area contributed by atoms with Crippen molar-refractivity contribution in [1.82, 2.24) is 4.90 Å². The van der Waals surface area contributed by atoms with E-state index >= 15 is 0 Å². The van der Waals surface area contributed by atoms with Crippen molar-refractivity contribution in [1.29, 1.82) is 0 Å². The van der Waals surface area contributed by atoms with Crippen molar-refractivity contribution in [3.8, 4) is 0 Å². The molecule has 0 heterocycles. The van der Waals surface area contributed by atoms with Crippen LogP contribution < -0.4 is 5.73 Å². The Morgan fingerprint density at radius 3 is 2.53 bits per heavy atom. The summed E-state index contributed by atoms with van der Waals surface area (Å²) in [6.45, 7) is 11.1. The molecule has 108 valence electrons. The molecule has 1 unspecified atom stereocenters. The van der Waals surface area contributed by atoms with Crippen LogP contribution in [0.2, 0.25) is 0 Å². The zero-order valence-electron chi connectivity index (χ0n) is 12.2. The molecule has 0 spiro atoms. The van der Waals surface area contributed by atoms with Gasteiger partial charge in [-0.3, -0.25) is 4.90 Å². The summed E-state index contributed by atoms with van der Waals surface area (Å²) in [4.78, 5) is 2.37. The lowest BCUT2D eigenvalue weighted by molar-refractivity contribution is 0.147. The molecule has 0 aliphatic heterocycles. The molecule has 0 saturated heterocycles. The number of benzene rings is 1. The Balaban J connectivity index is 2.92. The summed E-state index contributed by atoms with van der Waals surface area (Å²) in [5.74, 6) is -0.215. The van der Waals surface area contributed by atoms with Crippen molar-refractivity contribution < 1.29 is 4.39 Å². The third-order valence-electron chi connectivity index (χ3n) is 3.55. The van der Waals surface area contributed by atoms with Crippen LogP contribution in [0.25, 0.3) is 0 Å². The quantitative estimate of drug-likeness (QED) is 0.855. The number of nitrogens with zero attached hydrogens (tertiary/aromatic N) is 1. The second-order valence-electron chi connectivity index (χ2n) is 5.77. The molecule has 0 aliphatic rings. The molecule has 1 rings (SSSR count). The van der Waals surface area contributed by atoms with Crippen molar-refractivity contribution >= 4 is 15.9 Å². The summed E-state index contributed by atoms with van der Waals surface area (Å²) in [5.41, 5.74) is 7.00. The summed E-state index contributed by atoms with van der Waals surface area (Å²) in [6.07, 6.45) is 0. The fourth-order valence-electron chi connectivity index (χ4n) is 2.17. The van der Waals surface area contributed by atoms with Crippen LogP contribution >= 0.6 is 15.9 Å². The first-order chi connectivity index (χ1) is 8.80. The van der Waals surface area contributed by atoms with E-state index in [1.807, 2.05) is 6.07 Å². The molecule has 2 nitrogen and oxygen atoms in total. The van der Waals surface area contributed by atoms with Gasteiger partial charge in [-0.2, -0.15) is 0 Å². The van der Waals surface area contributed by atoms with Gasteiger partial charge in [0.05, 0.1) is 0 Å². The van der Waals surface area contributed by atoms with Gasteiger partial charge < -0.3 is 5.73 Å². The van der Waals surface area contributed by atoms with Gasteiger partial charge in [0.1, 0.15) is 5.82 Å². The normalized spacial score (nSPS) is 13.9. The smallest absolute Gasteiger partial charge is 0.124 e. The average Bonchev–Trinajstić information content (AvgIpc) is 2.35. The Labute approximate surface area is 124 Å². The monoisotopic (exact) mass is 330 g/mol. The number of halogens is 2. The highest BCUT2D eigenvalue weighted by Gasteiger charge is 2.24. The molecular formula is C15H24BrFN2. The van der Waals surface area contributed by atoms with E-state index in [2.05, 4.69) is 48.5 Å². The molecule has 1 aromatic rings. The van der Waals surface area contributed by atoms with E-state index in [4.69, 9.17) is 5.73 Å². The molecule has 0 aromatic heterocycles. The first-order valence-corrected chi connectivity index (χ1v) is 7.49. The van der Waals surface area contributed by atoms with Crippen molar-refractivity contribution in [2.45, 2.75) is 33.7 Å². The van der Waals surface area contributed by atoms with E-state index in [0.29, 0.717) is 6.54 Å².